The number of halogens is 11. The maximum absolute atomic E-state index is 13.6. The first-order chi connectivity index (χ1) is 13.0. The molecule has 1 aliphatic heterocycles. The molecule has 0 saturated heterocycles. The molecule has 0 fully saturated rings. The molecule has 0 saturated carbocycles. The number of alkyl halides is 9. The van der Waals surface area contributed by atoms with E-state index in [2.05, 4.69) is 4.99 Å². The van der Waals surface area contributed by atoms with Crippen LogP contribution in [0.5, 0.6) is 0 Å². The minimum atomic E-state index is -6.50. The van der Waals surface area contributed by atoms with Crippen molar-refractivity contribution in [3.8, 4) is 0 Å². The van der Waals surface area contributed by atoms with Crippen molar-refractivity contribution in [1.82, 2.24) is 5.32 Å². The van der Waals surface area contributed by atoms with E-state index >= 15 is 0 Å². The molecule has 0 radical (unpaired) electrons. The van der Waals surface area contributed by atoms with E-state index < -0.39 is 57.6 Å². The average Bonchev–Trinajstić information content (AvgIpc) is 2.93. The standard InChI is InChI=1S/C14H5ClF10N2OS/c15-6-3-1-2-5(4-6)9(28)26-10-27-11(13(20,21)22,14(23,24)25)8(29-10)7(16)12(17,18)19/h1-4H,(H,26,27,28)/b8-7+. The molecule has 2 rings (SSSR count). The highest BCUT2D eigenvalue weighted by Crippen LogP contribution is 2.59. The molecule has 1 amide bonds. The summed E-state index contributed by atoms with van der Waals surface area (Å²) < 4.78 is 131. The molecule has 1 heterocycles. The molecule has 0 aliphatic carbocycles. The van der Waals surface area contributed by atoms with E-state index in [0.717, 1.165) is 12.1 Å². The number of amidine groups is 1. The molecule has 0 unspecified atom stereocenters. The zero-order chi connectivity index (χ0) is 22.4. The Hall–Kier alpha value is -1.96. The maximum atomic E-state index is 13.6. The Bertz CT molecular complexity index is 874. The van der Waals surface area contributed by atoms with Gasteiger partial charge >= 0.3 is 18.5 Å². The Morgan fingerprint density at radius 2 is 1.59 bits per heavy atom. The number of hydrogen-bond donors (Lipinski definition) is 1. The molecule has 1 aromatic carbocycles. The SMILES string of the molecule is O=C(NC1=NC(C(F)(F)F)(C(F)(F)F)/C(=C(\F)C(F)(F)F)S1)c1cccc(Cl)c1. The lowest BCUT2D eigenvalue weighted by Gasteiger charge is -2.31. The first kappa shape index (κ1) is 23.3. The molecule has 15 heteroatoms. The number of benzene rings is 1. The molecule has 1 aliphatic rings. The third-order valence-electron chi connectivity index (χ3n) is 3.37. The third-order valence-corrected chi connectivity index (χ3v) is 4.67. The lowest BCUT2D eigenvalue weighted by atomic mass is 9.97. The number of allylic oxidation sites excluding steroid dienone is 1. The smallest absolute Gasteiger partial charge is 0.301 e. The molecule has 3 nitrogen and oxygen atoms in total. The zero-order valence-electron chi connectivity index (χ0n) is 13.2. The van der Waals surface area contributed by atoms with Crippen molar-refractivity contribution in [1.29, 1.82) is 0 Å². The van der Waals surface area contributed by atoms with Crippen LogP contribution in [0.2, 0.25) is 5.02 Å². The Labute approximate surface area is 163 Å². The monoisotopic (exact) mass is 474 g/mol. The van der Waals surface area contributed by atoms with Crippen molar-refractivity contribution in [3.05, 3.63) is 45.6 Å². The van der Waals surface area contributed by atoms with Crippen LogP contribution in [0.25, 0.3) is 0 Å². The van der Waals surface area contributed by atoms with Crippen LogP contribution in [0.4, 0.5) is 43.9 Å². The number of amides is 1. The van der Waals surface area contributed by atoms with E-state index in [0.29, 0.717) is 0 Å². The van der Waals surface area contributed by atoms with Crippen LogP contribution in [-0.2, 0) is 0 Å². The minimum absolute atomic E-state index is 0.0257. The average molecular weight is 475 g/mol. The van der Waals surface area contributed by atoms with E-state index in [-0.39, 0.29) is 10.6 Å². The van der Waals surface area contributed by atoms with Gasteiger partial charge in [-0.25, -0.2) is 9.38 Å². The summed E-state index contributed by atoms with van der Waals surface area (Å²) in [6.45, 7) is 0. The Kier molecular flexibility index (Phi) is 5.93. The van der Waals surface area contributed by atoms with Crippen molar-refractivity contribution in [2.24, 2.45) is 4.99 Å². The summed E-state index contributed by atoms with van der Waals surface area (Å²) in [5.41, 5.74) is -5.89. The molecule has 1 aromatic rings. The van der Waals surface area contributed by atoms with Crippen molar-refractivity contribution in [2.75, 3.05) is 0 Å². The minimum Gasteiger partial charge on any atom is -0.301 e. The second-order valence-corrected chi connectivity index (χ2v) is 6.77. The molecule has 1 N–H and O–H groups in total. The van der Waals surface area contributed by atoms with E-state index in [1.807, 2.05) is 0 Å². The van der Waals surface area contributed by atoms with Gasteiger partial charge in [0.15, 0.2) is 5.17 Å². The lowest BCUT2D eigenvalue weighted by molar-refractivity contribution is -0.280. The van der Waals surface area contributed by atoms with Gasteiger partial charge in [0.2, 0.25) is 5.83 Å². The molecule has 29 heavy (non-hydrogen) atoms. The fraction of sp³-hybridized carbons (Fsp3) is 0.286. The van der Waals surface area contributed by atoms with Gasteiger partial charge in [-0.3, -0.25) is 4.79 Å². The van der Waals surface area contributed by atoms with Crippen LogP contribution in [0.15, 0.2) is 40.0 Å². The summed E-state index contributed by atoms with van der Waals surface area (Å²) in [5, 5.41) is -0.0495. The Morgan fingerprint density at radius 1 is 1.03 bits per heavy atom. The summed E-state index contributed by atoms with van der Waals surface area (Å²) in [6, 6.07) is 4.55. The van der Waals surface area contributed by atoms with Crippen LogP contribution < -0.4 is 5.32 Å². The number of thioether (sulfide) groups is 1. The van der Waals surface area contributed by atoms with E-state index in [1.54, 1.807) is 0 Å². The van der Waals surface area contributed by atoms with Gasteiger partial charge in [-0.1, -0.05) is 29.4 Å². The van der Waals surface area contributed by atoms with Crippen molar-refractivity contribution >= 4 is 34.4 Å². The van der Waals surface area contributed by atoms with Gasteiger partial charge in [-0.2, -0.15) is 39.5 Å². The second kappa shape index (κ2) is 7.38. The highest BCUT2D eigenvalue weighted by Gasteiger charge is 2.77. The Balaban J connectivity index is 2.61. The summed E-state index contributed by atoms with van der Waals surface area (Å²) in [4.78, 5) is 11.4. The van der Waals surface area contributed by atoms with Gasteiger partial charge in [0.05, 0.1) is 4.91 Å². The van der Waals surface area contributed by atoms with Gasteiger partial charge in [0.1, 0.15) is 0 Å². The quantitative estimate of drug-likeness (QED) is 0.524. The predicted molar refractivity (Wildman–Crippen MR) is 83.0 cm³/mol. The normalized spacial score (nSPS) is 19.1. The fourth-order valence-electron chi connectivity index (χ4n) is 2.13. The van der Waals surface area contributed by atoms with Crippen LogP contribution in [0, 0.1) is 0 Å². The summed E-state index contributed by atoms with van der Waals surface area (Å²) >= 11 is 4.65. The highest BCUT2D eigenvalue weighted by molar-refractivity contribution is 8.17. The number of nitrogens with one attached hydrogen (secondary N) is 1. The van der Waals surface area contributed by atoms with Crippen molar-refractivity contribution in [3.63, 3.8) is 0 Å². The molecule has 0 atom stereocenters. The van der Waals surface area contributed by atoms with Crippen molar-refractivity contribution in [2.45, 2.75) is 24.1 Å². The van der Waals surface area contributed by atoms with Gasteiger partial charge < -0.3 is 5.32 Å². The first-order valence-corrected chi connectivity index (χ1v) is 8.15. The molecule has 0 aromatic heterocycles. The molecular formula is C14H5ClF10N2OS. The van der Waals surface area contributed by atoms with Gasteiger partial charge in [0.25, 0.3) is 11.4 Å². The Morgan fingerprint density at radius 3 is 2.03 bits per heavy atom. The van der Waals surface area contributed by atoms with Crippen LogP contribution in [0.3, 0.4) is 0 Å². The van der Waals surface area contributed by atoms with Crippen LogP contribution in [0.1, 0.15) is 10.4 Å². The topological polar surface area (TPSA) is 41.5 Å². The van der Waals surface area contributed by atoms with E-state index in [9.17, 15) is 48.7 Å². The predicted octanol–water partition coefficient (Wildman–Crippen LogP) is 5.78. The number of nitrogens with zero attached hydrogens (tertiary/aromatic N) is 1. The molecule has 0 spiro atoms. The molecule has 160 valence electrons. The number of rotatable bonds is 1. The fourth-order valence-corrected chi connectivity index (χ4v) is 3.47. The summed E-state index contributed by atoms with van der Waals surface area (Å²) in [5.74, 6) is -4.96. The van der Waals surface area contributed by atoms with Crippen LogP contribution >= 0.6 is 23.4 Å². The number of carbonyl (C=O) groups excluding carboxylic acids is 1. The zero-order valence-corrected chi connectivity index (χ0v) is 14.8. The summed E-state index contributed by atoms with van der Waals surface area (Å²) in [6.07, 6.45) is -19.2. The number of carbonyl (C=O) groups is 1. The molecule has 0 bridgehead atoms. The van der Waals surface area contributed by atoms with E-state index in [4.69, 9.17) is 11.6 Å². The first-order valence-electron chi connectivity index (χ1n) is 6.96. The largest absolute Gasteiger partial charge is 0.443 e. The number of aliphatic imine (C=N–C) groups is 1. The number of hydrogen-bond acceptors (Lipinski definition) is 3. The van der Waals surface area contributed by atoms with Gasteiger partial charge in [0, 0.05) is 10.6 Å². The maximum Gasteiger partial charge on any atom is 0.443 e. The van der Waals surface area contributed by atoms with Gasteiger partial charge in [-0.15, -0.1) is 0 Å². The third kappa shape index (κ3) is 4.32. The lowest BCUT2D eigenvalue weighted by Crippen LogP contribution is -2.55. The highest BCUT2D eigenvalue weighted by atomic mass is 35.5. The van der Waals surface area contributed by atoms with Crippen molar-refractivity contribution < 1.29 is 48.7 Å². The second-order valence-electron chi connectivity index (χ2n) is 5.33. The van der Waals surface area contributed by atoms with Crippen LogP contribution in [-0.4, -0.2) is 35.1 Å². The molecular weight excluding hydrogens is 470 g/mol. The van der Waals surface area contributed by atoms with Gasteiger partial charge in [-0.05, 0) is 18.2 Å². The van der Waals surface area contributed by atoms with E-state index in [1.165, 1.54) is 17.4 Å². The summed E-state index contributed by atoms with van der Waals surface area (Å²) in [7, 11) is 0.